The molecular weight excluding hydrogens is 327 g/mol. The van der Waals surface area contributed by atoms with Gasteiger partial charge < -0.3 is 4.42 Å². The van der Waals surface area contributed by atoms with Gasteiger partial charge in [-0.2, -0.15) is 0 Å². The Morgan fingerprint density at radius 2 is 1.77 bits per heavy atom. The minimum atomic E-state index is -0.296. The topological polar surface area (TPSA) is 29.3 Å². The smallest absolute Gasteiger partial charge is 0.226 e. The molecule has 0 saturated heterocycles. The van der Waals surface area contributed by atoms with Gasteiger partial charge in [-0.1, -0.05) is 48.5 Å². The number of oxazole rings is 1. The number of benzene rings is 3. The number of hydrogen-bond donors (Lipinski definition) is 0. The predicted molar refractivity (Wildman–Crippen MR) is 101 cm³/mol. The molecule has 0 aliphatic heterocycles. The minimum absolute atomic E-state index is 0.296. The van der Waals surface area contributed by atoms with Gasteiger partial charge in [-0.25, -0.2) is 9.37 Å². The fraction of sp³-hybridized carbons (Fsp3) is 0.136. The highest BCUT2D eigenvalue weighted by molar-refractivity contribution is 5.85. The second-order valence-electron chi connectivity index (χ2n) is 6.46. The van der Waals surface area contributed by atoms with Crippen LogP contribution >= 0.6 is 0 Å². The second kappa shape index (κ2) is 7.10. The zero-order valence-electron chi connectivity index (χ0n) is 14.5. The van der Waals surface area contributed by atoms with Gasteiger partial charge in [0.25, 0.3) is 0 Å². The van der Waals surface area contributed by atoms with E-state index in [0.717, 1.165) is 12.2 Å². The van der Waals surface area contributed by atoms with Gasteiger partial charge in [-0.3, -0.25) is 4.90 Å². The van der Waals surface area contributed by atoms with Crippen molar-refractivity contribution in [3.63, 3.8) is 0 Å². The molecule has 130 valence electrons. The van der Waals surface area contributed by atoms with Gasteiger partial charge >= 0.3 is 0 Å². The van der Waals surface area contributed by atoms with Gasteiger partial charge in [-0.15, -0.1) is 0 Å². The average molecular weight is 346 g/mol. The number of fused-ring (bicyclic) bond motifs is 1. The van der Waals surface area contributed by atoms with Gasteiger partial charge in [-0.05, 0) is 41.6 Å². The van der Waals surface area contributed by atoms with Crippen LogP contribution in [0.1, 0.15) is 11.3 Å². The van der Waals surface area contributed by atoms with Gasteiger partial charge in [0.05, 0.1) is 5.69 Å². The average Bonchev–Trinajstić information content (AvgIpc) is 3.10. The number of halogens is 1. The molecule has 0 amide bonds. The largest absolute Gasteiger partial charge is 0.444 e. The maximum absolute atomic E-state index is 13.4. The van der Waals surface area contributed by atoms with Crippen LogP contribution in [0.3, 0.4) is 0 Å². The molecule has 0 fully saturated rings. The molecule has 0 saturated carbocycles. The maximum Gasteiger partial charge on any atom is 0.226 e. The molecule has 1 aromatic heterocycles. The summed E-state index contributed by atoms with van der Waals surface area (Å²) in [5, 5.41) is 2.51. The third-order valence-corrected chi connectivity index (χ3v) is 4.38. The van der Waals surface area contributed by atoms with Crippen molar-refractivity contribution >= 4 is 10.8 Å². The molecule has 3 aromatic carbocycles. The summed E-state index contributed by atoms with van der Waals surface area (Å²) >= 11 is 0. The summed E-state index contributed by atoms with van der Waals surface area (Å²) in [6.07, 6.45) is 1.64. The number of nitrogens with zero attached hydrogens (tertiary/aromatic N) is 2. The summed E-state index contributed by atoms with van der Waals surface area (Å²) < 4.78 is 18.9. The first kappa shape index (κ1) is 16.5. The monoisotopic (exact) mass is 346 g/mol. The van der Waals surface area contributed by atoms with Crippen molar-refractivity contribution in [3.05, 3.63) is 90.1 Å². The molecule has 0 unspecified atom stereocenters. The third-order valence-electron chi connectivity index (χ3n) is 4.38. The molecule has 0 spiro atoms. The molecule has 26 heavy (non-hydrogen) atoms. The first-order valence-corrected chi connectivity index (χ1v) is 8.54. The molecule has 0 aliphatic carbocycles. The zero-order valence-corrected chi connectivity index (χ0v) is 14.5. The Bertz CT molecular complexity index is 1040. The molecule has 4 aromatic rings. The van der Waals surface area contributed by atoms with Gasteiger partial charge in [0.2, 0.25) is 5.89 Å². The maximum atomic E-state index is 13.4. The molecule has 4 rings (SSSR count). The van der Waals surface area contributed by atoms with Crippen molar-refractivity contribution in [1.29, 1.82) is 0 Å². The van der Waals surface area contributed by atoms with Crippen molar-refractivity contribution in [2.75, 3.05) is 7.05 Å². The van der Waals surface area contributed by atoms with Crippen LogP contribution in [0.2, 0.25) is 0 Å². The predicted octanol–water partition coefficient (Wildman–Crippen LogP) is 5.27. The standard InChI is InChI=1S/C22H19FN2O/c1-25(13-18-9-4-7-16-6-2-3-11-21(16)18)14-20-15-26-22(24-20)17-8-5-10-19(23)12-17/h2-12,15H,13-14H2,1H3. The summed E-state index contributed by atoms with van der Waals surface area (Å²) in [6, 6.07) is 21.0. The van der Waals surface area contributed by atoms with E-state index in [0.29, 0.717) is 18.0 Å². The lowest BCUT2D eigenvalue weighted by atomic mass is 10.0. The lowest BCUT2D eigenvalue weighted by Gasteiger charge is -2.16. The number of rotatable bonds is 5. The van der Waals surface area contributed by atoms with Crippen molar-refractivity contribution in [2.45, 2.75) is 13.1 Å². The lowest BCUT2D eigenvalue weighted by Crippen LogP contribution is -2.17. The lowest BCUT2D eigenvalue weighted by molar-refractivity contribution is 0.316. The molecule has 0 aliphatic rings. The molecule has 1 heterocycles. The highest BCUT2D eigenvalue weighted by Gasteiger charge is 2.11. The van der Waals surface area contributed by atoms with Crippen LogP contribution in [0.25, 0.3) is 22.2 Å². The van der Waals surface area contributed by atoms with Crippen molar-refractivity contribution in [1.82, 2.24) is 9.88 Å². The highest BCUT2D eigenvalue weighted by Crippen LogP contribution is 2.22. The minimum Gasteiger partial charge on any atom is -0.444 e. The number of aromatic nitrogens is 1. The van der Waals surface area contributed by atoms with E-state index in [1.165, 1.54) is 28.5 Å². The van der Waals surface area contributed by atoms with E-state index in [4.69, 9.17) is 4.42 Å². The zero-order chi connectivity index (χ0) is 17.9. The normalized spacial score (nSPS) is 11.3. The van der Waals surface area contributed by atoms with E-state index in [2.05, 4.69) is 59.4 Å². The fourth-order valence-corrected chi connectivity index (χ4v) is 3.19. The highest BCUT2D eigenvalue weighted by atomic mass is 19.1. The van der Waals surface area contributed by atoms with E-state index in [-0.39, 0.29) is 5.82 Å². The van der Waals surface area contributed by atoms with Crippen LogP contribution in [-0.2, 0) is 13.1 Å². The van der Waals surface area contributed by atoms with Gasteiger partial charge in [0.15, 0.2) is 0 Å². The second-order valence-corrected chi connectivity index (χ2v) is 6.46. The summed E-state index contributed by atoms with van der Waals surface area (Å²) in [7, 11) is 2.05. The molecular formula is C22H19FN2O. The SMILES string of the molecule is CN(Cc1coc(-c2cccc(F)c2)n1)Cc1cccc2ccccc12. The van der Waals surface area contributed by atoms with E-state index in [9.17, 15) is 4.39 Å². The quantitative estimate of drug-likeness (QED) is 0.493. The summed E-state index contributed by atoms with van der Waals surface area (Å²) in [5.41, 5.74) is 2.75. The summed E-state index contributed by atoms with van der Waals surface area (Å²) in [5.74, 6) is 0.147. The van der Waals surface area contributed by atoms with E-state index >= 15 is 0 Å². The molecule has 0 bridgehead atoms. The van der Waals surface area contributed by atoms with E-state index in [1.807, 2.05) is 0 Å². The van der Waals surface area contributed by atoms with Crippen LogP contribution in [-0.4, -0.2) is 16.9 Å². The first-order chi connectivity index (χ1) is 12.7. The first-order valence-electron chi connectivity index (χ1n) is 8.54. The Balaban J connectivity index is 1.49. The third kappa shape index (κ3) is 3.51. The van der Waals surface area contributed by atoms with Crippen LogP contribution in [0.15, 0.2) is 77.4 Å². The van der Waals surface area contributed by atoms with Crippen LogP contribution < -0.4 is 0 Å². The Morgan fingerprint density at radius 3 is 2.65 bits per heavy atom. The van der Waals surface area contributed by atoms with Crippen molar-refractivity contribution in [3.8, 4) is 11.5 Å². The summed E-state index contributed by atoms with van der Waals surface area (Å²) in [4.78, 5) is 6.68. The number of hydrogen-bond acceptors (Lipinski definition) is 3. The van der Waals surface area contributed by atoms with Gasteiger partial charge in [0, 0.05) is 18.7 Å². The summed E-state index contributed by atoms with van der Waals surface area (Å²) in [6.45, 7) is 1.46. The molecule has 0 atom stereocenters. The van der Waals surface area contributed by atoms with E-state index < -0.39 is 0 Å². The van der Waals surface area contributed by atoms with Crippen LogP contribution in [0.5, 0.6) is 0 Å². The Hall–Kier alpha value is -2.98. The van der Waals surface area contributed by atoms with Gasteiger partial charge in [0.1, 0.15) is 12.1 Å². The fourth-order valence-electron chi connectivity index (χ4n) is 3.19. The Labute approximate surface area is 151 Å². The van der Waals surface area contributed by atoms with Crippen LogP contribution in [0.4, 0.5) is 4.39 Å². The molecule has 3 nitrogen and oxygen atoms in total. The van der Waals surface area contributed by atoms with E-state index in [1.54, 1.807) is 18.4 Å². The van der Waals surface area contributed by atoms with Crippen LogP contribution in [0, 0.1) is 5.82 Å². The molecule has 0 radical (unpaired) electrons. The van der Waals surface area contributed by atoms with Crippen molar-refractivity contribution < 1.29 is 8.81 Å². The Morgan fingerprint density at radius 1 is 0.962 bits per heavy atom. The molecule has 4 heteroatoms. The van der Waals surface area contributed by atoms with Crippen molar-refractivity contribution in [2.24, 2.45) is 0 Å². The Kier molecular flexibility index (Phi) is 4.50. The molecule has 0 N–H and O–H groups in total.